The van der Waals surface area contributed by atoms with Crippen LogP contribution in [0.3, 0.4) is 0 Å². The summed E-state index contributed by atoms with van der Waals surface area (Å²) in [5.41, 5.74) is 4.43. The molecule has 1 heterocycles. The van der Waals surface area contributed by atoms with Crippen LogP contribution in [0.4, 0.5) is 0 Å². The van der Waals surface area contributed by atoms with Gasteiger partial charge in [0.15, 0.2) is 0 Å². The van der Waals surface area contributed by atoms with Crippen LogP contribution in [-0.4, -0.2) is 28.6 Å². The summed E-state index contributed by atoms with van der Waals surface area (Å²) in [6.45, 7) is 4.32. The largest absolute Gasteiger partial charge is 0.494 e. The van der Waals surface area contributed by atoms with Crippen LogP contribution >= 0.6 is 11.6 Å². The average Bonchev–Trinajstić information content (AvgIpc) is 3.23. The Morgan fingerprint density at radius 2 is 1.72 bits per heavy atom. The Kier molecular flexibility index (Phi) is 9.40. The van der Waals surface area contributed by atoms with E-state index in [1.54, 1.807) is 0 Å². The number of ether oxygens (including phenoxy) is 1. The Morgan fingerprint density at radius 3 is 2.53 bits per heavy atom. The second kappa shape index (κ2) is 13.1. The van der Waals surface area contributed by atoms with E-state index < -0.39 is 0 Å². The van der Waals surface area contributed by atoms with E-state index in [2.05, 4.69) is 47.1 Å². The first-order valence-corrected chi connectivity index (χ1v) is 13.1. The van der Waals surface area contributed by atoms with Crippen molar-refractivity contribution in [1.82, 2.24) is 14.9 Å². The van der Waals surface area contributed by atoms with E-state index in [0.29, 0.717) is 24.6 Å². The number of imidazole rings is 1. The van der Waals surface area contributed by atoms with Crippen molar-refractivity contribution in [2.45, 2.75) is 52.0 Å². The highest BCUT2D eigenvalue weighted by atomic mass is 35.5. The van der Waals surface area contributed by atoms with Crippen LogP contribution in [0.15, 0.2) is 72.8 Å². The fourth-order valence-electron chi connectivity index (χ4n) is 4.28. The number of hydrogen-bond donors (Lipinski definition) is 1. The fraction of sp³-hybridized carbons (Fsp3) is 0.333. The summed E-state index contributed by atoms with van der Waals surface area (Å²) >= 11 is 5.90. The fourth-order valence-corrected chi connectivity index (χ4v) is 4.40. The number of nitrogens with one attached hydrogen (secondary N) is 1. The molecule has 4 aromatic rings. The number of rotatable bonds is 13. The summed E-state index contributed by atoms with van der Waals surface area (Å²) in [6.07, 6.45) is 5.26. The van der Waals surface area contributed by atoms with Crippen LogP contribution in [0.5, 0.6) is 5.75 Å². The third-order valence-electron chi connectivity index (χ3n) is 6.23. The van der Waals surface area contributed by atoms with Gasteiger partial charge in [-0.05, 0) is 68.1 Å². The minimum Gasteiger partial charge on any atom is -0.494 e. The van der Waals surface area contributed by atoms with E-state index in [1.165, 1.54) is 11.1 Å². The Balaban J connectivity index is 1.20. The molecule has 6 heteroatoms. The number of benzene rings is 3. The van der Waals surface area contributed by atoms with Gasteiger partial charge in [-0.1, -0.05) is 60.0 Å². The van der Waals surface area contributed by atoms with Gasteiger partial charge in [-0.3, -0.25) is 4.79 Å². The van der Waals surface area contributed by atoms with Crippen LogP contribution in [0, 0.1) is 6.92 Å². The highest BCUT2D eigenvalue weighted by molar-refractivity contribution is 6.30. The maximum Gasteiger partial charge on any atom is 0.224 e. The SMILES string of the molecule is Cc1ccc(OCCCn2c(CCCCCNC(=O)Cc3ccc(Cl)cc3)nc3ccccc32)cc1. The summed E-state index contributed by atoms with van der Waals surface area (Å²) in [6, 6.07) is 23.9. The predicted molar refractivity (Wildman–Crippen MR) is 147 cm³/mol. The molecule has 188 valence electrons. The number of fused-ring (bicyclic) bond motifs is 1. The second-order valence-corrected chi connectivity index (χ2v) is 9.58. The van der Waals surface area contributed by atoms with E-state index in [1.807, 2.05) is 42.5 Å². The van der Waals surface area contributed by atoms with Crippen LogP contribution in [0.1, 0.15) is 42.6 Å². The maximum absolute atomic E-state index is 12.2. The summed E-state index contributed by atoms with van der Waals surface area (Å²) in [5, 5.41) is 3.71. The third kappa shape index (κ3) is 7.59. The van der Waals surface area contributed by atoms with Gasteiger partial charge >= 0.3 is 0 Å². The maximum atomic E-state index is 12.2. The molecule has 0 unspecified atom stereocenters. The number of carbonyl (C=O) groups excluding carboxylic acids is 1. The monoisotopic (exact) mass is 503 g/mol. The van der Waals surface area contributed by atoms with Crippen molar-refractivity contribution in [3.05, 3.63) is 94.8 Å². The van der Waals surface area contributed by atoms with E-state index >= 15 is 0 Å². The summed E-state index contributed by atoms with van der Waals surface area (Å²) in [4.78, 5) is 17.1. The minimum atomic E-state index is 0.0481. The number of nitrogens with zero attached hydrogens (tertiary/aromatic N) is 2. The average molecular weight is 504 g/mol. The Hall–Kier alpha value is -3.31. The molecule has 1 amide bonds. The number of para-hydroxylation sites is 2. The van der Waals surface area contributed by atoms with Gasteiger partial charge < -0.3 is 14.6 Å². The van der Waals surface area contributed by atoms with E-state index in [4.69, 9.17) is 21.3 Å². The lowest BCUT2D eigenvalue weighted by Crippen LogP contribution is -2.26. The standard InChI is InChI=1S/C30H34ClN3O2/c1-23-11-17-26(18-12-23)36-21-7-20-34-28-9-5-4-8-27(28)33-29(34)10-3-2-6-19-32-30(35)22-24-13-15-25(31)16-14-24/h4-5,8-9,11-18H,2-3,6-7,10,19-22H2,1H3,(H,32,35). The topological polar surface area (TPSA) is 56.1 Å². The Morgan fingerprint density at radius 1 is 0.944 bits per heavy atom. The molecule has 0 bridgehead atoms. The third-order valence-corrected chi connectivity index (χ3v) is 6.48. The summed E-state index contributed by atoms with van der Waals surface area (Å²) in [7, 11) is 0. The van der Waals surface area contributed by atoms with Crippen LogP contribution < -0.4 is 10.1 Å². The van der Waals surface area contributed by atoms with Crippen LogP contribution in [0.25, 0.3) is 11.0 Å². The van der Waals surface area contributed by atoms with Crippen molar-refractivity contribution < 1.29 is 9.53 Å². The lowest BCUT2D eigenvalue weighted by Gasteiger charge is -2.11. The zero-order valence-electron chi connectivity index (χ0n) is 20.9. The minimum absolute atomic E-state index is 0.0481. The molecule has 36 heavy (non-hydrogen) atoms. The Labute approximate surface area is 218 Å². The van der Waals surface area contributed by atoms with Gasteiger partial charge in [-0.2, -0.15) is 0 Å². The van der Waals surface area contributed by atoms with Crippen LogP contribution in [-0.2, 0) is 24.2 Å². The van der Waals surface area contributed by atoms with Gasteiger partial charge in [0, 0.05) is 24.5 Å². The lowest BCUT2D eigenvalue weighted by molar-refractivity contribution is -0.120. The lowest BCUT2D eigenvalue weighted by atomic mass is 10.1. The van der Waals surface area contributed by atoms with Crippen molar-refractivity contribution >= 4 is 28.5 Å². The number of aromatic nitrogens is 2. The summed E-state index contributed by atoms with van der Waals surface area (Å²) < 4.78 is 8.26. The molecule has 5 nitrogen and oxygen atoms in total. The van der Waals surface area contributed by atoms with Crippen molar-refractivity contribution in [1.29, 1.82) is 0 Å². The predicted octanol–water partition coefficient (Wildman–Crippen LogP) is 6.54. The van der Waals surface area contributed by atoms with Gasteiger partial charge in [0.1, 0.15) is 11.6 Å². The normalized spacial score (nSPS) is 11.1. The highest BCUT2D eigenvalue weighted by Gasteiger charge is 2.10. The van der Waals surface area contributed by atoms with Gasteiger partial charge in [0.05, 0.1) is 24.1 Å². The number of unbranched alkanes of at least 4 members (excludes halogenated alkanes) is 2. The van der Waals surface area contributed by atoms with Crippen molar-refractivity contribution in [2.75, 3.05) is 13.2 Å². The van der Waals surface area contributed by atoms with E-state index in [9.17, 15) is 4.79 Å². The quantitative estimate of drug-likeness (QED) is 0.211. The molecule has 0 spiro atoms. The molecule has 1 N–H and O–H groups in total. The molecular weight excluding hydrogens is 470 g/mol. The number of amides is 1. The number of aryl methyl sites for hydroxylation is 3. The van der Waals surface area contributed by atoms with E-state index in [0.717, 1.165) is 61.3 Å². The molecule has 0 aliphatic rings. The van der Waals surface area contributed by atoms with Gasteiger partial charge in [-0.15, -0.1) is 0 Å². The summed E-state index contributed by atoms with van der Waals surface area (Å²) in [5.74, 6) is 2.09. The molecule has 4 rings (SSSR count). The molecule has 0 saturated heterocycles. The van der Waals surface area contributed by atoms with Gasteiger partial charge in [0.25, 0.3) is 0 Å². The molecular formula is C30H34ClN3O2. The van der Waals surface area contributed by atoms with Gasteiger partial charge in [0.2, 0.25) is 5.91 Å². The molecule has 3 aromatic carbocycles. The molecule has 0 fully saturated rings. The molecule has 0 radical (unpaired) electrons. The van der Waals surface area contributed by atoms with Crippen molar-refractivity contribution in [3.63, 3.8) is 0 Å². The van der Waals surface area contributed by atoms with E-state index in [-0.39, 0.29) is 5.91 Å². The van der Waals surface area contributed by atoms with Crippen molar-refractivity contribution in [3.8, 4) is 5.75 Å². The van der Waals surface area contributed by atoms with Crippen LogP contribution in [0.2, 0.25) is 5.02 Å². The highest BCUT2D eigenvalue weighted by Crippen LogP contribution is 2.19. The Bertz CT molecular complexity index is 1250. The molecule has 0 saturated carbocycles. The number of halogens is 1. The molecule has 0 aliphatic carbocycles. The zero-order chi connectivity index (χ0) is 25.2. The van der Waals surface area contributed by atoms with Gasteiger partial charge in [-0.25, -0.2) is 4.98 Å². The van der Waals surface area contributed by atoms with Crippen molar-refractivity contribution in [2.24, 2.45) is 0 Å². The molecule has 0 aliphatic heterocycles. The first-order valence-electron chi connectivity index (χ1n) is 12.7. The first-order chi connectivity index (χ1) is 17.6. The molecule has 0 atom stereocenters. The number of hydrogen-bond acceptors (Lipinski definition) is 3. The molecule has 1 aromatic heterocycles. The first kappa shape index (κ1) is 25.8. The second-order valence-electron chi connectivity index (χ2n) is 9.15. The number of carbonyl (C=O) groups is 1. The smallest absolute Gasteiger partial charge is 0.224 e. The zero-order valence-corrected chi connectivity index (χ0v) is 21.6.